The van der Waals surface area contributed by atoms with Crippen molar-refractivity contribution >= 4 is 0 Å². The van der Waals surface area contributed by atoms with Gasteiger partial charge in [-0.1, -0.05) is 6.07 Å². The fourth-order valence-corrected chi connectivity index (χ4v) is 1.98. The Labute approximate surface area is 146 Å². The van der Waals surface area contributed by atoms with Gasteiger partial charge in [0, 0.05) is 24.2 Å². The molecule has 5 heteroatoms. The molecule has 1 aromatic rings. The van der Waals surface area contributed by atoms with Gasteiger partial charge in [0.15, 0.2) is 11.5 Å². The van der Waals surface area contributed by atoms with E-state index in [0.29, 0.717) is 18.0 Å². The van der Waals surface area contributed by atoms with Crippen LogP contribution in [0.1, 0.15) is 47.1 Å². The number of methoxy groups -OCH3 is 1. The van der Waals surface area contributed by atoms with E-state index in [1.54, 1.807) is 7.11 Å². The highest BCUT2D eigenvalue weighted by atomic mass is 16.5. The fraction of sp³-hybridized carbons (Fsp3) is 0.684. The van der Waals surface area contributed by atoms with Crippen molar-refractivity contribution in [1.82, 2.24) is 10.6 Å². The van der Waals surface area contributed by atoms with E-state index in [1.807, 2.05) is 18.2 Å². The molecule has 0 saturated carbocycles. The lowest BCUT2D eigenvalue weighted by atomic mass is 10.1. The summed E-state index contributed by atoms with van der Waals surface area (Å²) in [4.78, 5) is 0. The lowest BCUT2D eigenvalue weighted by molar-refractivity contribution is 0.0984. The first-order valence-electron chi connectivity index (χ1n) is 8.48. The number of hydrogen-bond acceptors (Lipinski definition) is 5. The standard InChI is InChI=1S/C19H34N2O3/c1-18(2,3)20-11-14-8-9-16(23-7)17(10-14)24-13-15(22)12-21-19(4,5)6/h8-10,15,20-22H,11-13H2,1-7H3. The summed E-state index contributed by atoms with van der Waals surface area (Å²) in [5.74, 6) is 1.33. The van der Waals surface area contributed by atoms with E-state index in [-0.39, 0.29) is 17.7 Å². The summed E-state index contributed by atoms with van der Waals surface area (Å²) in [5, 5.41) is 16.8. The number of ether oxygens (including phenoxy) is 2. The molecule has 5 nitrogen and oxygen atoms in total. The Kier molecular flexibility index (Phi) is 7.52. The zero-order valence-electron chi connectivity index (χ0n) is 16.2. The molecular formula is C19H34N2O3. The minimum Gasteiger partial charge on any atom is -0.493 e. The van der Waals surface area contributed by atoms with Gasteiger partial charge < -0.3 is 25.2 Å². The molecule has 24 heavy (non-hydrogen) atoms. The number of aliphatic hydroxyl groups excluding tert-OH is 1. The van der Waals surface area contributed by atoms with E-state index in [0.717, 1.165) is 12.1 Å². The second-order valence-electron chi connectivity index (χ2n) is 8.18. The summed E-state index contributed by atoms with van der Waals surface area (Å²) < 4.78 is 11.1. The van der Waals surface area contributed by atoms with Crippen molar-refractivity contribution < 1.29 is 14.6 Å². The SMILES string of the molecule is COc1ccc(CNC(C)(C)C)cc1OCC(O)CNC(C)(C)C. The maximum Gasteiger partial charge on any atom is 0.161 e. The third kappa shape index (κ3) is 8.52. The molecule has 0 aliphatic heterocycles. The van der Waals surface area contributed by atoms with E-state index in [2.05, 4.69) is 52.2 Å². The molecule has 0 bridgehead atoms. The van der Waals surface area contributed by atoms with Gasteiger partial charge in [0.05, 0.1) is 7.11 Å². The van der Waals surface area contributed by atoms with Gasteiger partial charge in [0.2, 0.25) is 0 Å². The van der Waals surface area contributed by atoms with Crippen LogP contribution in [0, 0.1) is 0 Å². The largest absolute Gasteiger partial charge is 0.493 e. The summed E-state index contributed by atoms with van der Waals surface area (Å²) in [6.07, 6.45) is -0.578. The van der Waals surface area contributed by atoms with Crippen molar-refractivity contribution in [1.29, 1.82) is 0 Å². The topological polar surface area (TPSA) is 62.8 Å². The molecule has 0 spiro atoms. The van der Waals surface area contributed by atoms with Crippen molar-refractivity contribution in [2.24, 2.45) is 0 Å². The molecule has 3 N–H and O–H groups in total. The first kappa shape index (κ1) is 20.7. The number of nitrogens with one attached hydrogen (secondary N) is 2. The predicted molar refractivity (Wildman–Crippen MR) is 98.8 cm³/mol. The lowest BCUT2D eigenvalue weighted by Crippen LogP contribution is -2.42. The van der Waals surface area contributed by atoms with Crippen LogP contribution < -0.4 is 20.1 Å². The normalized spacial score (nSPS) is 13.7. The monoisotopic (exact) mass is 338 g/mol. The van der Waals surface area contributed by atoms with Gasteiger partial charge >= 0.3 is 0 Å². The molecule has 138 valence electrons. The van der Waals surface area contributed by atoms with Gasteiger partial charge in [0.1, 0.15) is 12.7 Å². The average Bonchev–Trinajstić information content (AvgIpc) is 2.47. The Morgan fingerprint density at radius 2 is 1.62 bits per heavy atom. The second kappa shape index (κ2) is 8.70. The predicted octanol–water partition coefficient (Wildman–Crippen LogP) is 2.71. The Balaban J connectivity index is 2.64. The fourth-order valence-electron chi connectivity index (χ4n) is 1.98. The minimum atomic E-state index is -0.578. The average molecular weight is 338 g/mol. The zero-order chi connectivity index (χ0) is 18.4. The molecule has 1 atom stereocenters. The van der Waals surface area contributed by atoms with E-state index >= 15 is 0 Å². The number of benzene rings is 1. The molecular weight excluding hydrogens is 304 g/mol. The molecule has 0 saturated heterocycles. The van der Waals surface area contributed by atoms with Crippen LogP contribution in [0.4, 0.5) is 0 Å². The van der Waals surface area contributed by atoms with Crippen molar-refractivity contribution in [2.45, 2.75) is 65.3 Å². The summed E-state index contributed by atoms with van der Waals surface area (Å²) in [6, 6.07) is 5.87. The van der Waals surface area contributed by atoms with Gasteiger partial charge in [0.25, 0.3) is 0 Å². The number of β-amino-alcohol motifs (C(OH)–C–C–N with tert-alkyl or cyclic N) is 1. The van der Waals surface area contributed by atoms with Gasteiger partial charge in [-0.2, -0.15) is 0 Å². The van der Waals surface area contributed by atoms with E-state index < -0.39 is 6.10 Å². The maximum absolute atomic E-state index is 10.1. The van der Waals surface area contributed by atoms with E-state index in [4.69, 9.17) is 9.47 Å². The molecule has 0 radical (unpaired) electrons. The molecule has 0 fully saturated rings. The Hall–Kier alpha value is -1.30. The van der Waals surface area contributed by atoms with Crippen molar-refractivity contribution in [3.8, 4) is 11.5 Å². The Bertz CT molecular complexity index is 504. The number of hydrogen-bond donors (Lipinski definition) is 3. The van der Waals surface area contributed by atoms with E-state index in [1.165, 1.54) is 0 Å². The molecule has 0 heterocycles. The van der Waals surface area contributed by atoms with Crippen LogP contribution in [0.25, 0.3) is 0 Å². The second-order valence-corrected chi connectivity index (χ2v) is 8.18. The van der Waals surface area contributed by atoms with Crippen LogP contribution in [0.15, 0.2) is 18.2 Å². The quantitative estimate of drug-likeness (QED) is 0.680. The lowest BCUT2D eigenvalue weighted by Gasteiger charge is -2.23. The van der Waals surface area contributed by atoms with Crippen molar-refractivity contribution in [2.75, 3.05) is 20.3 Å². The third-order valence-corrected chi connectivity index (χ3v) is 3.35. The third-order valence-electron chi connectivity index (χ3n) is 3.35. The summed E-state index contributed by atoms with van der Waals surface area (Å²) in [7, 11) is 1.62. The number of aliphatic hydroxyl groups is 1. The minimum absolute atomic E-state index is 0.0305. The Morgan fingerprint density at radius 1 is 1.00 bits per heavy atom. The Morgan fingerprint density at radius 3 is 2.17 bits per heavy atom. The van der Waals surface area contributed by atoms with Crippen molar-refractivity contribution in [3.05, 3.63) is 23.8 Å². The molecule has 1 aromatic carbocycles. The number of rotatable bonds is 8. The summed E-state index contributed by atoms with van der Waals surface area (Å²) >= 11 is 0. The molecule has 1 unspecified atom stereocenters. The van der Waals surface area contributed by atoms with Gasteiger partial charge in [-0.15, -0.1) is 0 Å². The van der Waals surface area contributed by atoms with Crippen LogP contribution >= 0.6 is 0 Å². The summed E-state index contributed by atoms with van der Waals surface area (Å²) in [5.41, 5.74) is 1.13. The van der Waals surface area contributed by atoms with Gasteiger partial charge in [-0.05, 0) is 59.2 Å². The molecule has 0 aliphatic carbocycles. The van der Waals surface area contributed by atoms with Gasteiger partial charge in [-0.3, -0.25) is 0 Å². The van der Waals surface area contributed by atoms with Crippen LogP contribution in [-0.2, 0) is 6.54 Å². The highest BCUT2D eigenvalue weighted by Gasteiger charge is 2.14. The molecule has 1 rings (SSSR count). The van der Waals surface area contributed by atoms with Crippen LogP contribution in [0.2, 0.25) is 0 Å². The smallest absolute Gasteiger partial charge is 0.161 e. The van der Waals surface area contributed by atoms with Crippen LogP contribution in [-0.4, -0.2) is 42.5 Å². The van der Waals surface area contributed by atoms with Crippen LogP contribution in [0.3, 0.4) is 0 Å². The first-order chi connectivity index (χ1) is 11.0. The van der Waals surface area contributed by atoms with Gasteiger partial charge in [-0.25, -0.2) is 0 Å². The summed E-state index contributed by atoms with van der Waals surface area (Å²) in [6.45, 7) is 14.0. The van der Waals surface area contributed by atoms with Crippen molar-refractivity contribution in [3.63, 3.8) is 0 Å². The molecule has 0 aliphatic rings. The first-order valence-corrected chi connectivity index (χ1v) is 8.48. The molecule has 0 amide bonds. The van der Waals surface area contributed by atoms with Crippen LogP contribution in [0.5, 0.6) is 11.5 Å². The maximum atomic E-state index is 10.1. The zero-order valence-corrected chi connectivity index (χ0v) is 16.2. The molecule has 0 aromatic heterocycles. The highest BCUT2D eigenvalue weighted by molar-refractivity contribution is 5.43. The highest BCUT2D eigenvalue weighted by Crippen LogP contribution is 2.28. The van der Waals surface area contributed by atoms with E-state index in [9.17, 15) is 5.11 Å².